The molecule has 53 heavy (non-hydrogen) atoms. The first-order chi connectivity index (χ1) is 26.2. The SMILES string of the molecule is CCc1nc2c3c(-c4ccc(-c5nc(-c6cccc(-c7ccccc7)c6)c6ccccc6n5)cc4)nc4ccccc4c3ccc2n1-c1ccccc1. The molecule has 0 unspecified atom stereocenters. The maximum Gasteiger partial charge on any atom is 0.160 e. The molecule has 0 saturated carbocycles. The number of imidazole rings is 1. The highest BCUT2D eigenvalue weighted by Gasteiger charge is 2.20. The fourth-order valence-corrected chi connectivity index (χ4v) is 7.62. The van der Waals surface area contributed by atoms with Crippen LogP contribution < -0.4 is 0 Å². The number of benzene rings is 7. The minimum atomic E-state index is 0.684. The number of rotatable bonds is 6. The molecule has 0 aliphatic carbocycles. The molecule has 10 rings (SSSR count). The molecule has 0 bridgehead atoms. The average molecular weight is 680 g/mol. The van der Waals surface area contributed by atoms with E-state index in [2.05, 4.69) is 169 Å². The molecule has 0 spiro atoms. The molecule has 0 atom stereocenters. The van der Waals surface area contributed by atoms with Crippen LogP contribution in [0.25, 0.3) is 94.3 Å². The van der Waals surface area contributed by atoms with Gasteiger partial charge in [-0.25, -0.2) is 19.9 Å². The topological polar surface area (TPSA) is 56.5 Å². The fourth-order valence-electron chi connectivity index (χ4n) is 7.62. The van der Waals surface area contributed by atoms with Crippen LogP contribution >= 0.6 is 0 Å². The summed E-state index contributed by atoms with van der Waals surface area (Å²) in [7, 11) is 0. The molecule has 0 fully saturated rings. The van der Waals surface area contributed by atoms with E-state index in [1.54, 1.807) is 0 Å². The smallest absolute Gasteiger partial charge is 0.160 e. The van der Waals surface area contributed by atoms with E-state index in [1.807, 2.05) is 12.1 Å². The molecular weight excluding hydrogens is 647 g/mol. The lowest BCUT2D eigenvalue weighted by molar-refractivity contribution is 0.908. The summed E-state index contributed by atoms with van der Waals surface area (Å²) in [5, 5.41) is 4.34. The lowest BCUT2D eigenvalue weighted by atomic mass is 9.98. The first kappa shape index (κ1) is 30.8. The molecule has 0 aliphatic heterocycles. The number of pyridine rings is 1. The van der Waals surface area contributed by atoms with Gasteiger partial charge in [-0.05, 0) is 52.9 Å². The van der Waals surface area contributed by atoms with Crippen molar-refractivity contribution in [1.29, 1.82) is 0 Å². The van der Waals surface area contributed by atoms with E-state index in [1.165, 1.54) is 5.56 Å². The zero-order valence-corrected chi connectivity index (χ0v) is 29.1. The highest BCUT2D eigenvalue weighted by atomic mass is 15.1. The second-order valence-corrected chi connectivity index (χ2v) is 13.3. The Kier molecular flexibility index (Phi) is 7.36. The van der Waals surface area contributed by atoms with E-state index in [9.17, 15) is 0 Å². The van der Waals surface area contributed by atoms with E-state index in [0.29, 0.717) is 5.82 Å². The van der Waals surface area contributed by atoms with Gasteiger partial charge < -0.3 is 0 Å². The molecule has 10 aromatic rings. The number of hydrogen-bond donors (Lipinski definition) is 0. The van der Waals surface area contributed by atoms with Gasteiger partial charge in [-0.15, -0.1) is 0 Å². The Morgan fingerprint density at radius 3 is 1.85 bits per heavy atom. The molecule has 0 radical (unpaired) electrons. The van der Waals surface area contributed by atoms with Gasteiger partial charge in [0, 0.05) is 45.0 Å². The number of aryl methyl sites for hydroxylation is 1. The largest absolute Gasteiger partial charge is 0.296 e. The third-order valence-corrected chi connectivity index (χ3v) is 10.2. The Hall–Kier alpha value is -6.98. The molecule has 3 heterocycles. The minimum Gasteiger partial charge on any atom is -0.296 e. The Morgan fingerprint density at radius 2 is 1.08 bits per heavy atom. The van der Waals surface area contributed by atoms with Crippen molar-refractivity contribution in [3.63, 3.8) is 0 Å². The zero-order valence-electron chi connectivity index (χ0n) is 29.1. The summed E-state index contributed by atoms with van der Waals surface area (Å²) in [6.45, 7) is 2.16. The molecule has 5 heteroatoms. The second kappa shape index (κ2) is 12.7. The van der Waals surface area contributed by atoms with Gasteiger partial charge in [0.05, 0.1) is 33.5 Å². The van der Waals surface area contributed by atoms with Gasteiger partial charge in [-0.3, -0.25) is 4.57 Å². The van der Waals surface area contributed by atoms with Crippen LogP contribution in [0.2, 0.25) is 0 Å². The highest BCUT2D eigenvalue weighted by molar-refractivity contribution is 6.20. The van der Waals surface area contributed by atoms with Crippen LogP contribution in [-0.4, -0.2) is 24.5 Å². The number of fused-ring (bicyclic) bond motifs is 6. The molecule has 0 aliphatic rings. The summed E-state index contributed by atoms with van der Waals surface area (Å²) in [6, 6.07) is 59.2. The third-order valence-electron chi connectivity index (χ3n) is 10.2. The van der Waals surface area contributed by atoms with Crippen molar-refractivity contribution in [2.75, 3.05) is 0 Å². The van der Waals surface area contributed by atoms with Crippen molar-refractivity contribution in [2.45, 2.75) is 13.3 Å². The molecule has 0 saturated heterocycles. The van der Waals surface area contributed by atoms with Gasteiger partial charge >= 0.3 is 0 Å². The molecule has 7 aromatic carbocycles. The second-order valence-electron chi connectivity index (χ2n) is 13.3. The normalized spacial score (nSPS) is 11.6. The van der Waals surface area contributed by atoms with E-state index in [4.69, 9.17) is 19.9 Å². The maximum absolute atomic E-state index is 5.31. The summed E-state index contributed by atoms with van der Waals surface area (Å²) < 4.78 is 2.28. The summed E-state index contributed by atoms with van der Waals surface area (Å²) in [5.74, 6) is 1.70. The van der Waals surface area contributed by atoms with Gasteiger partial charge in [0.25, 0.3) is 0 Å². The van der Waals surface area contributed by atoms with E-state index >= 15 is 0 Å². The minimum absolute atomic E-state index is 0.684. The molecular formula is C48H33N5. The lowest BCUT2D eigenvalue weighted by Gasteiger charge is -2.13. The van der Waals surface area contributed by atoms with Crippen molar-refractivity contribution >= 4 is 43.6 Å². The predicted molar refractivity (Wildman–Crippen MR) is 218 cm³/mol. The van der Waals surface area contributed by atoms with Gasteiger partial charge in [-0.1, -0.05) is 140 Å². The van der Waals surface area contributed by atoms with Crippen molar-refractivity contribution < 1.29 is 0 Å². The highest BCUT2D eigenvalue weighted by Crippen LogP contribution is 2.39. The third kappa shape index (κ3) is 5.25. The van der Waals surface area contributed by atoms with Gasteiger partial charge in [-0.2, -0.15) is 0 Å². The number of nitrogens with zero attached hydrogens (tertiary/aromatic N) is 5. The Bertz CT molecular complexity index is 2970. The van der Waals surface area contributed by atoms with Crippen molar-refractivity contribution in [3.05, 3.63) is 176 Å². The van der Waals surface area contributed by atoms with Gasteiger partial charge in [0.15, 0.2) is 5.82 Å². The zero-order chi connectivity index (χ0) is 35.3. The Morgan fingerprint density at radius 1 is 0.434 bits per heavy atom. The summed E-state index contributed by atoms with van der Waals surface area (Å²) >= 11 is 0. The molecule has 250 valence electrons. The molecule has 0 amide bonds. The van der Waals surface area contributed by atoms with E-state index in [0.717, 1.165) is 95.2 Å². The van der Waals surface area contributed by atoms with Crippen LogP contribution in [0.15, 0.2) is 170 Å². The first-order valence-electron chi connectivity index (χ1n) is 18.0. The monoisotopic (exact) mass is 679 g/mol. The average Bonchev–Trinajstić information content (AvgIpc) is 3.63. The Labute approximate surface area is 306 Å². The number of hydrogen-bond acceptors (Lipinski definition) is 4. The summed E-state index contributed by atoms with van der Waals surface area (Å²) in [6.07, 6.45) is 0.806. The van der Waals surface area contributed by atoms with Crippen molar-refractivity contribution in [1.82, 2.24) is 24.5 Å². The predicted octanol–water partition coefficient (Wildman–Crippen LogP) is 11.9. The fraction of sp³-hybridized carbons (Fsp3) is 0.0417. The Balaban J connectivity index is 1.13. The van der Waals surface area contributed by atoms with Crippen LogP contribution in [-0.2, 0) is 6.42 Å². The summed E-state index contributed by atoms with van der Waals surface area (Å²) in [4.78, 5) is 20.9. The molecule has 5 nitrogen and oxygen atoms in total. The lowest BCUT2D eigenvalue weighted by Crippen LogP contribution is -1.99. The van der Waals surface area contributed by atoms with Gasteiger partial charge in [0.2, 0.25) is 0 Å². The van der Waals surface area contributed by atoms with E-state index in [-0.39, 0.29) is 0 Å². The summed E-state index contributed by atoms with van der Waals surface area (Å²) in [5.41, 5.74) is 12.2. The quantitative estimate of drug-likeness (QED) is 0.164. The first-order valence-corrected chi connectivity index (χ1v) is 18.0. The van der Waals surface area contributed by atoms with Crippen molar-refractivity contribution in [3.8, 4) is 50.7 Å². The van der Waals surface area contributed by atoms with Crippen LogP contribution in [0, 0.1) is 0 Å². The van der Waals surface area contributed by atoms with Crippen molar-refractivity contribution in [2.24, 2.45) is 0 Å². The maximum atomic E-state index is 5.31. The van der Waals surface area contributed by atoms with Crippen LogP contribution in [0.5, 0.6) is 0 Å². The van der Waals surface area contributed by atoms with E-state index < -0.39 is 0 Å². The standard InChI is InChI=1S/C48H33N5/c1-2-43-51-47-42(53(43)36-18-7-4-8-19-36)29-28-38-37-20-9-11-22-40(37)49-46(44(38)47)32-24-26-33(27-25-32)48-50-41-23-12-10-21-39(41)45(52-48)35-17-13-16-34(30-35)31-14-5-3-6-15-31/h3-30H,2H2,1H3. The molecule has 3 aromatic heterocycles. The molecule has 0 N–H and O–H groups in total. The van der Waals surface area contributed by atoms with Crippen LogP contribution in [0.3, 0.4) is 0 Å². The van der Waals surface area contributed by atoms with Crippen LogP contribution in [0.4, 0.5) is 0 Å². The number of aromatic nitrogens is 5. The van der Waals surface area contributed by atoms with Crippen LogP contribution in [0.1, 0.15) is 12.7 Å². The number of para-hydroxylation sites is 3. The van der Waals surface area contributed by atoms with Gasteiger partial charge in [0.1, 0.15) is 5.82 Å².